The number of hydrogen-bond acceptors (Lipinski definition) is 5. The number of hydrogen-bond donors (Lipinski definition) is 1. The van der Waals surface area contributed by atoms with Crippen molar-refractivity contribution >= 4 is 22.5 Å². The number of benzene rings is 2. The molecule has 0 amide bonds. The molecule has 102 valence electrons. The first-order valence-electron chi connectivity index (χ1n) is 6.10. The van der Waals surface area contributed by atoms with E-state index in [1.165, 1.54) is 0 Å². The summed E-state index contributed by atoms with van der Waals surface area (Å²) in [6, 6.07) is 12.6. The lowest BCUT2D eigenvalue weighted by Gasteiger charge is -2.05. The normalized spacial score (nSPS) is 11.8. The Hall–Kier alpha value is -2.69. The predicted octanol–water partition coefficient (Wildman–Crippen LogP) is 3.40. The number of carbonyl (C=O) groups is 1. The number of aliphatic hydroxyl groups is 1. The molecule has 0 aliphatic heterocycles. The van der Waals surface area contributed by atoms with Crippen LogP contribution in [0.25, 0.3) is 16.5 Å². The third-order valence-electron chi connectivity index (χ3n) is 2.81. The van der Waals surface area contributed by atoms with Gasteiger partial charge in [-0.1, -0.05) is 36.4 Å². The van der Waals surface area contributed by atoms with Gasteiger partial charge in [-0.15, -0.1) is 4.91 Å². The van der Waals surface area contributed by atoms with Crippen LogP contribution < -0.4 is 0 Å². The van der Waals surface area contributed by atoms with Crippen LogP contribution in [-0.2, 0) is 9.53 Å². The first-order chi connectivity index (χ1) is 9.67. The highest BCUT2D eigenvalue weighted by molar-refractivity contribution is 5.96. The number of rotatable bonds is 4. The quantitative estimate of drug-likeness (QED) is 0.400. The molecule has 0 aliphatic carbocycles. The predicted molar refractivity (Wildman–Crippen MR) is 75.9 cm³/mol. The van der Waals surface area contributed by atoms with Gasteiger partial charge in [-0.3, -0.25) is 0 Å². The van der Waals surface area contributed by atoms with E-state index in [2.05, 4.69) is 9.91 Å². The topological polar surface area (TPSA) is 76.0 Å². The van der Waals surface area contributed by atoms with Gasteiger partial charge in [0.2, 0.25) is 5.70 Å². The number of carbonyl (C=O) groups excluding carboxylic acids is 1. The van der Waals surface area contributed by atoms with E-state index in [4.69, 9.17) is 0 Å². The molecule has 0 saturated carbocycles. The molecule has 0 bridgehead atoms. The van der Waals surface area contributed by atoms with E-state index >= 15 is 0 Å². The van der Waals surface area contributed by atoms with Crippen LogP contribution in [0.3, 0.4) is 0 Å². The van der Waals surface area contributed by atoms with Gasteiger partial charge in [0.15, 0.2) is 5.76 Å². The molecule has 0 radical (unpaired) electrons. The first kappa shape index (κ1) is 13.7. The lowest BCUT2D eigenvalue weighted by atomic mass is 10.1. The van der Waals surface area contributed by atoms with Crippen molar-refractivity contribution in [1.82, 2.24) is 0 Å². The standard InChI is InChI=1S/C15H13NO4/c1-2-20-15(18)13(16-19)14(17)12-8-7-10-5-3-4-6-11(10)9-12/h3-9,17H,2H2,1H3/b14-13-. The minimum Gasteiger partial charge on any atom is -0.505 e. The number of nitrogens with zero attached hydrogens (tertiary/aromatic N) is 1. The summed E-state index contributed by atoms with van der Waals surface area (Å²) in [4.78, 5) is 22.2. The Morgan fingerprint density at radius 2 is 1.90 bits per heavy atom. The van der Waals surface area contributed by atoms with Gasteiger partial charge in [0, 0.05) is 5.56 Å². The van der Waals surface area contributed by atoms with Crippen LogP contribution in [0.5, 0.6) is 0 Å². The largest absolute Gasteiger partial charge is 0.505 e. The summed E-state index contributed by atoms with van der Waals surface area (Å²) in [6.07, 6.45) is 0. The molecule has 2 aromatic carbocycles. The molecule has 5 heteroatoms. The van der Waals surface area contributed by atoms with Crippen molar-refractivity contribution in [3.8, 4) is 0 Å². The average Bonchev–Trinajstić information content (AvgIpc) is 2.47. The fourth-order valence-electron chi connectivity index (χ4n) is 1.85. The van der Waals surface area contributed by atoms with Crippen molar-refractivity contribution < 1.29 is 14.6 Å². The van der Waals surface area contributed by atoms with Crippen molar-refractivity contribution in [2.45, 2.75) is 6.92 Å². The van der Waals surface area contributed by atoms with Gasteiger partial charge in [0.05, 0.1) is 6.61 Å². The average molecular weight is 271 g/mol. The minimum absolute atomic E-state index is 0.100. The third kappa shape index (κ3) is 2.66. The van der Waals surface area contributed by atoms with Crippen LogP contribution >= 0.6 is 0 Å². The molecule has 0 fully saturated rings. The van der Waals surface area contributed by atoms with E-state index in [-0.39, 0.29) is 6.61 Å². The molecule has 1 N–H and O–H groups in total. The number of esters is 1. The lowest BCUT2D eigenvalue weighted by Crippen LogP contribution is -2.08. The van der Waals surface area contributed by atoms with Crippen LogP contribution in [-0.4, -0.2) is 17.7 Å². The highest BCUT2D eigenvalue weighted by Gasteiger charge is 2.19. The number of nitroso groups, excluding NO2 is 1. The maximum absolute atomic E-state index is 11.5. The first-order valence-corrected chi connectivity index (χ1v) is 6.10. The Kier molecular flexibility index (Phi) is 4.10. The molecule has 0 spiro atoms. The number of fused-ring (bicyclic) bond motifs is 1. The summed E-state index contributed by atoms with van der Waals surface area (Å²) in [5.74, 6) is -1.42. The van der Waals surface area contributed by atoms with Gasteiger partial charge < -0.3 is 9.84 Å². The van der Waals surface area contributed by atoms with Gasteiger partial charge in [0.25, 0.3) is 0 Å². The van der Waals surface area contributed by atoms with Gasteiger partial charge in [-0.05, 0) is 28.9 Å². The Bertz CT molecular complexity index is 691. The summed E-state index contributed by atoms with van der Waals surface area (Å²) in [5, 5.41) is 14.5. The highest BCUT2D eigenvalue weighted by Crippen LogP contribution is 2.23. The Morgan fingerprint density at radius 1 is 1.20 bits per heavy atom. The molecule has 2 aromatic rings. The Balaban J connectivity index is 2.50. The molecule has 0 aliphatic rings. The molecule has 2 rings (SSSR count). The van der Waals surface area contributed by atoms with E-state index in [1.807, 2.05) is 24.3 Å². The fourth-order valence-corrected chi connectivity index (χ4v) is 1.85. The summed E-state index contributed by atoms with van der Waals surface area (Å²) in [5.41, 5.74) is -0.284. The fraction of sp³-hybridized carbons (Fsp3) is 0.133. The van der Waals surface area contributed by atoms with Gasteiger partial charge in [0.1, 0.15) is 0 Å². The lowest BCUT2D eigenvalue weighted by molar-refractivity contribution is -0.138. The second-order valence-corrected chi connectivity index (χ2v) is 4.07. The summed E-state index contributed by atoms with van der Waals surface area (Å²) in [6.45, 7) is 1.70. The zero-order valence-corrected chi connectivity index (χ0v) is 10.9. The molecule has 0 heterocycles. The molecule has 0 atom stereocenters. The van der Waals surface area contributed by atoms with Crippen LogP contribution in [0.2, 0.25) is 0 Å². The van der Waals surface area contributed by atoms with Crippen LogP contribution in [0.15, 0.2) is 53.3 Å². The molecule has 0 saturated heterocycles. The van der Waals surface area contributed by atoms with Crippen LogP contribution in [0, 0.1) is 4.91 Å². The van der Waals surface area contributed by atoms with Crippen molar-refractivity contribution in [2.75, 3.05) is 6.61 Å². The molecular formula is C15H13NO4. The number of ether oxygens (including phenoxy) is 1. The SMILES string of the molecule is CCOC(=O)/C(N=O)=C(/O)c1ccc2ccccc2c1. The summed E-state index contributed by atoms with van der Waals surface area (Å²) >= 11 is 0. The van der Waals surface area contributed by atoms with Crippen LogP contribution in [0.1, 0.15) is 12.5 Å². The van der Waals surface area contributed by atoms with Crippen molar-refractivity contribution in [1.29, 1.82) is 0 Å². The molecule has 0 aromatic heterocycles. The monoisotopic (exact) mass is 271 g/mol. The Labute approximate surface area is 115 Å². The Morgan fingerprint density at radius 3 is 2.55 bits per heavy atom. The van der Waals surface area contributed by atoms with Gasteiger partial charge in [-0.25, -0.2) is 4.79 Å². The molecule has 5 nitrogen and oxygen atoms in total. The maximum atomic E-state index is 11.5. The molecule has 20 heavy (non-hydrogen) atoms. The summed E-state index contributed by atoms with van der Waals surface area (Å²) in [7, 11) is 0. The van der Waals surface area contributed by atoms with Crippen LogP contribution in [0.4, 0.5) is 0 Å². The minimum atomic E-state index is -0.937. The third-order valence-corrected chi connectivity index (χ3v) is 2.81. The molecule has 0 unspecified atom stereocenters. The number of aliphatic hydroxyl groups excluding tert-OH is 1. The molecular weight excluding hydrogens is 258 g/mol. The van der Waals surface area contributed by atoms with E-state index in [0.717, 1.165) is 10.8 Å². The van der Waals surface area contributed by atoms with E-state index < -0.39 is 17.4 Å². The van der Waals surface area contributed by atoms with Gasteiger partial charge >= 0.3 is 5.97 Å². The summed E-state index contributed by atoms with van der Waals surface area (Å²) < 4.78 is 4.67. The van der Waals surface area contributed by atoms with E-state index in [0.29, 0.717) is 5.56 Å². The van der Waals surface area contributed by atoms with E-state index in [9.17, 15) is 14.8 Å². The van der Waals surface area contributed by atoms with E-state index in [1.54, 1.807) is 25.1 Å². The second kappa shape index (κ2) is 5.97. The smallest absolute Gasteiger partial charge is 0.364 e. The second-order valence-electron chi connectivity index (χ2n) is 4.07. The highest BCUT2D eigenvalue weighted by atomic mass is 16.5. The zero-order valence-electron chi connectivity index (χ0n) is 10.9. The maximum Gasteiger partial charge on any atom is 0.364 e. The van der Waals surface area contributed by atoms with Gasteiger partial charge in [-0.2, -0.15) is 0 Å². The van der Waals surface area contributed by atoms with Crippen molar-refractivity contribution in [3.63, 3.8) is 0 Å². The van der Waals surface area contributed by atoms with Crippen molar-refractivity contribution in [2.24, 2.45) is 5.18 Å². The van der Waals surface area contributed by atoms with Crippen molar-refractivity contribution in [3.05, 3.63) is 58.6 Å². The zero-order chi connectivity index (χ0) is 14.5.